The van der Waals surface area contributed by atoms with Crippen molar-refractivity contribution in [2.45, 2.75) is 38.3 Å². The van der Waals surface area contributed by atoms with Gasteiger partial charge in [-0.05, 0) is 12.8 Å². The van der Waals surface area contributed by atoms with E-state index in [2.05, 4.69) is 0 Å². The molecule has 0 amide bonds. The number of carbonyl (C=O) groups excluding carboxylic acids is 1. The first-order valence-electron chi connectivity index (χ1n) is 4.19. The zero-order valence-corrected chi connectivity index (χ0v) is 7.23. The molecule has 0 saturated carbocycles. The van der Waals surface area contributed by atoms with Crippen LogP contribution >= 0.6 is 0 Å². The summed E-state index contributed by atoms with van der Waals surface area (Å²) in [5, 5.41) is 8.36. The quantitative estimate of drug-likeness (QED) is 0.663. The monoisotopic (exact) mass is 198 g/mol. The molecule has 0 aromatic rings. The molecule has 0 aliphatic carbocycles. The molecule has 13 heavy (non-hydrogen) atoms. The van der Waals surface area contributed by atoms with E-state index in [9.17, 15) is 18.0 Å². The van der Waals surface area contributed by atoms with Crippen molar-refractivity contribution >= 4 is 5.78 Å². The summed E-state index contributed by atoms with van der Waals surface area (Å²) in [6, 6.07) is 0. The van der Waals surface area contributed by atoms with E-state index in [1.807, 2.05) is 0 Å². The molecule has 0 aliphatic rings. The van der Waals surface area contributed by atoms with Crippen molar-refractivity contribution in [3.8, 4) is 0 Å². The van der Waals surface area contributed by atoms with Gasteiger partial charge < -0.3 is 5.11 Å². The second-order valence-electron chi connectivity index (χ2n) is 2.81. The Bertz CT molecular complexity index is 154. The summed E-state index contributed by atoms with van der Waals surface area (Å²) in [5.41, 5.74) is 0. The average molecular weight is 198 g/mol. The van der Waals surface area contributed by atoms with Gasteiger partial charge in [-0.3, -0.25) is 4.79 Å². The molecule has 2 nitrogen and oxygen atoms in total. The number of hydrogen-bond acceptors (Lipinski definition) is 2. The first-order chi connectivity index (χ1) is 5.98. The lowest BCUT2D eigenvalue weighted by atomic mass is 10.1. The van der Waals surface area contributed by atoms with Gasteiger partial charge in [0.2, 0.25) is 5.78 Å². The average Bonchev–Trinajstić information content (AvgIpc) is 2.02. The maximum atomic E-state index is 11.6. The van der Waals surface area contributed by atoms with E-state index in [1.165, 1.54) is 0 Å². The van der Waals surface area contributed by atoms with Gasteiger partial charge in [0.25, 0.3) is 0 Å². The van der Waals surface area contributed by atoms with Gasteiger partial charge in [0.15, 0.2) is 0 Å². The lowest BCUT2D eigenvalue weighted by molar-refractivity contribution is -0.171. The van der Waals surface area contributed by atoms with Gasteiger partial charge in [-0.2, -0.15) is 13.2 Å². The van der Waals surface area contributed by atoms with Crippen LogP contribution in [0.15, 0.2) is 0 Å². The highest BCUT2D eigenvalue weighted by molar-refractivity contribution is 5.83. The fourth-order valence-electron chi connectivity index (χ4n) is 0.893. The molecular formula is C8H13F3O2. The molecule has 0 aromatic carbocycles. The summed E-state index contributed by atoms with van der Waals surface area (Å²) >= 11 is 0. The van der Waals surface area contributed by atoms with Crippen LogP contribution in [-0.4, -0.2) is 23.7 Å². The second kappa shape index (κ2) is 5.96. The Morgan fingerprint density at radius 2 is 1.62 bits per heavy atom. The topological polar surface area (TPSA) is 37.3 Å². The third kappa shape index (κ3) is 6.57. The minimum absolute atomic E-state index is 0.0488. The van der Waals surface area contributed by atoms with Gasteiger partial charge in [-0.15, -0.1) is 0 Å². The number of aliphatic hydroxyl groups is 1. The molecule has 0 atom stereocenters. The summed E-state index contributed by atoms with van der Waals surface area (Å²) < 4.78 is 34.9. The van der Waals surface area contributed by atoms with Crippen LogP contribution in [0.4, 0.5) is 13.2 Å². The Labute approximate surface area is 74.7 Å². The van der Waals surface area contributed by atoms with E-state index < -0.39 is 18.4 Å². The fourth-order valence-corrected chi connectivity index (χ4v) is 0.893. The van der Waals surface area contributed by atoms with Crippen LogP contribution in [0.5, 0.6) is 0 Å². The zero-order valence-electron chi connectivity index (χ0n) is 7.23. The SMILES string of the molecule is O=C(CCCCCCO)C(F)(F)F. The Morgan fingerprint density at radius 3 is 2.08 bits per heavy atom. The standard InChI is InChI=1S/C8H13F3O2/c9-8(10,11)7(13)5-3-1-2-4-6-12/h12H,1-6H2. The molecule has 0 aliphatic heterocycles. The summed E-state index contributed by atoms with van der Waals surface area (Å²) in [7, 11) is 0. The van der Waals surface area contributed by atoms with Crippen LogP contribution in [0.2, 0.25) is 0 Å². The third-order valence-corrected chi connectivity index (χ3v) is 1.63. The highest BCUT2D eigenvalue weighted by atomic mass is 19.4. The van der Waals surface area contributed by atoms with Crippen molar-refractivity contribution in [3.63, 3.8) is 0 Å². The molecule has 0 radical (unpaired) electrons. The van der Waals surface area contributed by atoms with E-state index in [1.54, 1.807) is 0 Å². The lowest BCUT2D eigenvalue weighted by Gasteiger charge is -2.03. The summed E-state index contributed by atoms with van der Waals surface area (Å²) in [4.78, 5) is 10.3. The van der Waals surface area contributed by atoms with E-state index in [4.69, 9.17) is 5.11 Å². The van der Waals surface area contributed by atoms with Crippen molar-refractivity contribution in [2.75, 3.05) is 6.61 Å². The molecule has 0 fully saturated rings. The molecule has 0 aromatic heterocycles. The molecule has 5 heteroatoms. The molecule has 0 bridgehead atoms. The number of unbranched alkanes of at least 4 members (excludes halogenated alkanes) is 3. The number of ketones is 1. The van der Waals surface area contributed by atoms with Crippen molar-refractivity contribution in [1.29, 1.82) is 0 Å². The van der Waals surface area contributed by atoms with Gasteiger partial charge in [0, 0.05) is 13.0 Å². The molecule has 0 heterocycles. The maximum absolute atomic E-state index is 11.6. The van der Waals surface area contributed by atoms with Crippen molar-refractivity contribution < 1.29 is 23.1 Å². The minimum atomic E-state index is -4.68. The molecule has 78 valence electrons. The molecule has 0 rings (SSSR count). The van der Waals surface area contributed by atoms with Crippen molar-refractivity contribution in [1.82, 2.24) is 0 Å². The Balaban J connectivity index is 3.38. The largest absolute Gasteiger partial charge is 0.449 e. The number of Topliss-reactive ketones (excluding diaryl/α,β-unsaturated/α-hetero) is 1. The number of rotatable bonds is 6. The second-order valence-corrected chi connectivity index (χ2v) is 2.81. The molecule has 1 N–H and O–H groups in total. The molecule has 0 spiro atoms. The van der Waals surface area contributed by atoms with Gasteiger partial charge in [-0.1, -0.05) is 12.8 Å². The summed E-state index contributed by atoms with van der Waals surface area (Å²) in [5.74, 6) is -1.66. The van der Waals surface area contributed by atoms with Crippen LogP contribution in [0.3, 0.4) is 0 Å². The molecular weight excluding hydrogens is 185 g/mol. The number of alkyl halides is 3. The maximum Gasteiger partial charge on any atom is 0.449 e. The van der Waals surface area contributed by atoms with E-state index in [0.717, 1.165) is 0 Å². The predicted molar refractivity (Wildman–Crippen MR) is 41.2 cm³/mol. The van der Waals surface area contributed by atoms with E-state index in [-0.39, 0.29) is 13.0 Å². The van der Waals surface area contributed by atoms with Crippen LogP contribution in [0, 0.1) is 0 Å². The smallest absolute Gasteiger partial charge is 0.396 e. The normalized spacial score (nSPS) is 11.7. The van der Waals surface area contributed by atoms with E-state index >= 15 is 0 Å². The summed E-state index contributed by atoms with van der Waals surface area (Å²) in [6.45, 7) is 0.0488. The van der Waals surface area contributed by atoms with Crippen molar-refractivity contribution in [3.05, 3.63) is 0 Å². The Hall–Kier alpha value is -0.580. The first-order valence-corrected chi connectivity index (χ1v) is 4.19. The molecule has 0 unspecified atom stereocenters. The van der Waals surface area contributed by atoms with Gasteiger partial charge in [-0.25, -0.2) is 0 Å². The number of aliphatic hydroxyl groups excluding tert-OH is 1. The number of halogens is 3. The molecule has 0 saturated heterocycles. The van der Waals surface area contributed by atoms with Gasteiger partial charge in [0.1, 0.15) is 0 Å². The van der Waals surface area contributed by atoms with Crippen LogP contribution in [-0.2, 0) is 4.79 Å². The van der Waals surface area contributed by atoms with Gasteiger partial charge in [0.05, 0.1) is 0 Å². The lowest BCUT2D eigenvalue weighted by Crippen LogP contribution is -2.22. The Kier molecular flexibility index (Phi) is 5.70. The number of hydrogen-bond donors (Lipinski definition) is 1. The highest BCUT2D eigenvalue weighted by Crippen LogP contribution is 2.19. The first kappa shape index (κ1) is 12.4. The fraction of sp³-hybridized carbons (Fsp3) is 0.875. The van der Waals surface area contributed by atoms with Crippen LogP contribution in [0.25, 0.3) is 0 Å². The third-order valence-electron chi connectivity index (χ3n) is 1.63. The zero-order chi connectivity index (χ0) is 10.3. The number of carbonyl (C=O) groups is 1. The van der Waals surface area contributed by atoms with Crippen molar-refractivity contribution in [2.24, 2.45) is 0 Å². The van der Waals surface area contributed by atoms with Crippen LogP contribution < -0.4 is 0 Å². The summed E-state index contributed by atoms with van der Waals surface area (Å²) in [6.07, 6.45) is -3.06. The minimum Gasteiger partial charge on any atom is -0.396 e. The Morgan fingerprint density at radius 1 is 1.08 bits per heavy atom. The van der Waals surface area contributed by atoms with Crippen LogP contribution in [0.1, 0.15) is 32.1 Å². The highest BCUT2D eigenvalue weighted by Gasteiger charge is 2.36. The van der Waals surface area contributed by atoms with E-state index in [0.29, 0.717) is 19.3 Å². The predicted octanol–water partition coefficient (Wildman–Crippen LogP) is 2.06. The van der Waals surface area contributed by atoms with Gasteiger partial charge >= 0.3 is 6.18 Å².